The van der Waals surface area contributed by atoms with Gasteiger partial charge in [0.1, 0.15) is 5.84 Å². The molecule has 2 N–H and O–H groups in total. The molecular formula is C21H20N2O. The van der Waals surface area contributed by atoms with E-state index in [-0.39, 0.29) is 0 Å². The maximum absolute atomic E-state index is 6.11. The zero-order valence-corrected chi connectivity index (χ0v) is 13.6. The van der Waals surface area contributed by atoms with Crippen molar-refractivity contribution >= 4 is 5.84 Å². The molecule has 0 bridgehead atoms. The fourth-order valence-corrected chi connectivity index (χ4v) is 2.82. The molecule has 0 saturated heterocycles. The van der Waals surface area contributed by atoms with Gasteiger partial charge in [0.25, 0.3) is 0 Å². The van der Waals surface area contributed by atoms with E-state index in [4.69, 9.17) is 10.6 Å². The standard InChI is InChI=1S/C21H20N2O/c1-17(22)23-24-21(18-11-5-2-6-12-18,19-13-7-3-8-14-19)20-15-9-4-10-16-20/h2-16H,1H3,(H2,22,23). The Labute approximate surface area is 142 Å². The van der Waals surface area contributed by atoms with Crippen molar-refractivity contribution in [3.05, 3.63) is 108 Å². The molecule has 3 nitrogen and oxygen atoms in total. The molecule has 0 atom stereocenters. The first kappa shape index (κ1) is 15.8. The fourth-order valence-electron chi connectivity index (χ4n) is 2.82. The second-order valence-corrected chi connectivity index (χ2v) is 5.60. The van der Waals surface area contributed by atoms with Crippen molar-refractivity contribution in [1.82, 2.24) is 0 Å². The van der Waals surface area contributed by atoms with Gasteiger partial charge in [0.05, 0.1) is 0 Å². The molecule has 0 radical (unpaired) electrons. The maximum atomic E-state index is 6.11. The first-order chi connectivity index (χ1) is 11.7. The molecule has 0 fully saturated rings. The van der Waals surface area contributed by atoms with Crippen LogP contribution in [0.3, 0.4) is 0 Å². The van der Waals surface area contributed by atoms with Gasteiger partial charge in [-0.3, -0.25) is 0 Å². The predicted octanol–water partition coefficient (Wildman–Crippen LogP) is 4.29. The summed E-state index contributed by atoms with van der Waals surface area (Å²) in [6, 6.07) is 30.2. The normalized spacial score (nSPS) is 12.0. The highest BCUT2D eigenvalue weighted by atomic mass is 16.7. The van der Waals surface area contributed by atoms with Crippen LogP contribution in [0.4, 0.5) is 0 Å². The third-order valence-electron chi connectivity index (χ3n) is 3.87. The van der Waals surface area contributed by atoms with E-state index in [1.54, 1.807) is 6.92 Å². The Morgan fingerprint density at radius 2 is 1.04 bits per heavy atom. The summed E-state index contributed by atoms with van der Waals surface area (Å²) in [7, 11) is 0. The fraction of sp³-hybridized carbons (Fsp3) is 0.0952. The van der Waals surface area contributed by atoms with Crippen molar-refractivity contribution in [3.63, 3.8) is 0 Å². The second kappa shape index (κ2) is 7.01. The summed E-state index contributed by atoms with van der Waals surface area (Å²) >= 11 is 0. The van der Waals surface area contributed by atoms with E-state index in [1.165, 1.54) is 0 Å². The summed E-state index contributed by atoms with van der Waals surface area (Å²) in [6.07, 6.45) is 0. The van der Waals surface area contributed by atoms with Crippen molar-refractivity contribution < 1.29 is 4.84 Å². The SMILES string of the molecule is C/C(N)=N\OC(c1ccccc1)(c1ccccc1)c1ccccc1. The quantitative estimate of drug-likeness (QED) is 0.330. The van der Waals surface area contributed by atoms with E-state index in [1.807, 2.05) is 91.0 Å². The Morgan fingerprint density at radius 1 is 0.708 bits per heavy atom. The molecule has 0 aliphatic carbocycles. The molecule has 3 rings (SSSR count). The molecule has 0 amide bonds. The number of hydrogen-bond acceptors (Lipinski definition) is 2. The second-order valence-electron chi connectivity index (χ2n) is 5.60. The molecule has 3 heteroatoms. The lowest BCUT2D eigenvalue weighted by Gasteiger charge is -2.33. The van der Waals surface area contributed by atoms with Gasteiger partial charge in [-0.15, -0.1) is 0 Å². The highest BCUT2D eigenvalue weighted by molar-refractivity contribution is 5.76. The van der Waals surface area contributed by atoms with Crippen LogP contribution in [0.2, 0.25) is 0 Å². The largest absolute Gasteiger partial charge is 0.385 e. The summed E-state index contributed by atoms with van der Waals surface area (Å²) in [5.41, 5.74) is 7.88. The summed E-state index contributed by atoms with van der Waals surface area (Å²) < 4.78 is 0. The van der Waals surface area contributed by atoms with E-state index < -0.39 is 5.60 Å². The first-order valence-corrected chi connectivity index (χ1v) is 7.88. The lowest BCUT2D eigenvalue weighted by Crippen LogP contribution is -2.32. The predicted molar refractivity (Wildman–Crippen MR) is 97.6 cm³/mol. The van der Waals surface area contributed by atoms with Crippen LogP contribution < -0.4 is 5.73 Å². The minimum Gasteiger partial charge on any atom is -0.385 e. The van der Waals surface area contributed by atoms with E-state index in [0.29, 0.717) is 5.84 Å². The number of rotatable bonds is 5. The number of amidine groups is 1. The molecule has 0 aliphatic heterocycles. The first-order valence-electron chi connectivity index (χ1n) is 7.88. The Balaban J connectivity index is 2.30. The van der Waals surface area contributed by atoms with E-state index >= 15 is 0 Å². The van der Waals surface area contributed by atoms with Crippen LogP contribution in [-0.2, 0) is 10.4 Å². The van der Waals surface area contributed by atoms with Gasteiger partial charge in [-0.1, -0.05) is 96.2 Å². The van der Waals surface area contributed by atoms with E-state index in [9.17, 15) is 0 Å². The molecule has 3 aromatic rings. The van der Waals surface area contributed by atoms with Gasteiger partial charge < -0.3 is 10.6 Å². The molecule has 24 heavy (non-hydrogen) atoms. The molecule has 0 spiro atoms. The van der Waals surface area contributed by atoms with Gasteiger partial charge in [-0.2, -0.15) is 0 Å². The Bertz CT molecular complexity index is 698. The van der Waals surface area contributed by atoms with Gasteiger partial charge in [0.15, 0.2) is 0 Å². The zero-order valence-electron chi connectivity index (χ0n) is 13.6. The average Bonchev–Trinajstić information content (AvgIpc) is 2.65. The third-order valence-corrected chi connectivity index (χ3v) is 3.87. The van der Waals surface area contributed by atoms with Crippen LogP contribution in [0, 0.1) is 0 Å². The monoisotopic (exact) mass is 316 g/mol. The van der Waals surface area contributed by atoms with Crippen LogP contribution in [-0.4, -0.2) is 5.84 Å². The summed E-state index contributed by atoms with van der Waals surface area (Å²) in [4.78, 5) is 6.11. The minimum absolute atomic E-state index is 0.377. The van der Waals surface area contributed by atoms with E-state index in [2.05, 4.69) is 5.16 Å². The lowest BCUT2D eigenvalue weighted by molar-refractivity contribution is 0.0169. The van der Waals surface area contributed by atoms with Crippen molar-refractivity contribution in [3.8, 4) is 0 Å². The summed E-state index contributed by atoms with van der Waals surface area (Å²) in [5, 5.41) is 4.12. The number of benzene rings is 3. The number of hydrogen-bond donors (Lipinski definition) is 1. The lowest BCUT2D eigenvalue weighted by atomic mass is 9.80. The average molecular weight is 316 g/mol. The highest BCUT2D eigenvalue weighted by Crippen LogP contribution is 2.40. The molecule has 0 heterocycles. The molecule has 120 valence electrons. The van der Waals surface area contributed by atoms with Crippen LogP contribution in [0.1, 0.15) is 23.6 Å². The van der Waals surface area contributed by atoms with Crippen molar-refractivity contribution in [1.29, 1.82) is 0 Å². The maximum Gasteiger partial charge on any atom is 0.212 e. The number of nitrogens with zero attached hydrogens (tertiary/aromatic N) is 1. The van der Waals surface area contributed by atoms with Crippen molar-refractivity contribution in [2.45, 2.75) is 12.5 Å². The molecule has 3 aromatic carbocycles. The third kappa shape index (κ3) is 3.01. The summed E-state index contributed by atoms with van der Waals surface area (Å²) in [6.45, 7) is 1.71. The van der Waals surface area contributed by atoms with Crippen molar-refractivity contribution in [2.24, 2.45) is 10.9 Å². The summed E-state index contributed by atoms with van der Waals surface area (Å²) in [5.74, 6) is 0.377. The van der Waals surface area contributed by atoms with Crippen LogP contribution in [0.25, 0.3) is 0 Å². The van der Waals surface area contributed by atoms with Gasteiger partial charge in [-0.05, 0) is 6.92 Å². The van der Waals surface area contributed by atoms with Gasteiger partial charge in [0, 0.05) is 16.7 Å². The van der Waals surface area contributed by atoms with Gasteiger partial charge in [0.2, 0.25) is 5.60 Å². The number of nitrogens with two attached hydrogens (primary N) is 1. The molecular weight excluding hydrogens is 296 g/mol. The molecule has 0 aromatic heterocycles. The van der Waals surface area contributed by atoms with Crippen LogP contribution >= 0.6 is 0 Å². The van der Waals surface area contributed by atoms with Crippen LogP contribution in [0.5, 0.6) is 0 Å². The zero-order chi connectivity index (χ0) is 16.8. The van der Waals surface area contributed by atoms with Crippen LogP contribution in [0.15, 0.2) is 96.2 Å². The Morgan fingerprint density at radius 3 is 1.33 bits per heavy atom. The van der Waals surface area contributed by atoms with E-state index in [0.717, 1.165) is 16.7 Å². The Kier molecular flexibility index (Phi) is 4.62. The molecule has 0 unspecified atom stereocenters. The number of oxime groups is 1. The minimum atomic E-state index is -0.857. The highest BCUT2D eigenvalue weighted by Gasteiger charge is 2.39. The topological polar surface area (TPSA) is 47.6 Å². The molecule has 0 saturated carbocycles. The Hall–Kier alpha value is -3.07. The molecule has 0 aliphatic rings. The van der Waals surface area contributed by atoms with Crippen molar-refractivity contribution in [2.75, 3.05) is 0 Å². The van der Waals surface area contributed by atoms with Gasteiger partial charge in [-0.25, -0.2) is 0 Å². The smallest absolute Gasteiger partial charge is 0.212 e. The van der Waals surface area contributed by atoms with Gasteiger partial charge >= 0.3 is 0 Å².